The maximum atomic E-state index is 11.2. The molecule has 0 amide bonds. The van der Waals surface area contributed by atoms with Crippen LogP contribution in [0.1, 0.15) is 46.0 Å². The Kier molecular flexibility index (Phi) is 7.28. The number of aliphatic hydroxyl groups excluding tert-OH is 1. The first-order valence-electron chi connectivity index (χ1n) is 7.19. The van der Waals surface area contributed by atoms with E-state index >= 15 is 0 Å². The summed E-state index contributed by atoms with van der Waals surface area (Å²) in [5.41, 5.74) is 0. The first kappa shape index (κ1) is 15.4. The van der Waals surface area contributed by atoms with Crippen LogP contribution in [0.15, 0.2) is 0 Å². The summed E-state index contributed by atoms with van der Waals surface area (Å²) in [6, 6.07) is 0.307. The molecule has 0 spiro atoms. The van der Waals surface area contributed by atoms with Crippen molar-refractivity contribution >= 4 is 5.97 Å². The number of rotatable bonds is 7. The molecule has 0 aliphatic carbocycles. The zero-order chi connectivity index (χ0) is 13.4. The van der Waals surface area contributed by atoms with Crippen molar-refractivity contribution in [1.82, 2.24) is 4.90 Å². The topological polar surface area (TPSA) is 49.8 Å². The number of aliphatic hydroxyl groups is 1. The molecule has 0 aromatic heterocycles. The summed E-state index contributed by atoms with van der Waals surface area (Å²) in [5.74, 6) is 0.483. The van der Waals surface area contributed by atoms with Crippen molar-refractivity contribution < 1.29 is 14.6 Å². The largest absolute Gasteiger partial charge is 0.466 e. The molecule has 1 heterocycles. The van der Waals surface area contributed by atoms with E-state index in [4.69, 9.17) is 4.74 Å². The molecule has 2 atom stereocenters. The SMILES string of the molecule is CCOC(=O)CCCCN1CCCC(C)C1CO. The number of ether oxygens (including phenoxy) is 1. The molecule has 0 radical (unpaired) electrons. The highest BCUT2D eigenvalue weighted by atomic mass is 16.5. The van der Waals surface area contributed by atoms with Gasteiger partial charge in [-0.15, -0.1) is 0 Å². The number of hydrogen-bond donors (Lipinski definition) is 1. The number of unbranched alkanes of at least 4 members (excludes halogenated alkanes) is 1. The number of likely N-dealkylation sites (tertiary alicyclic amines) is 1. The molecule has 0 aromatic rings. The zero-order valence-corrected chi connectivity index (χ0v) is 11.7. The highest BCUT2D eigenvalue weighted by molar-refractivity contribution is 5.69. The van der Waals surface area contributed by atoms with Gasteiger partial charge in [0.25, 0.3) is 0 Å². The Morgan fingerprint density at radius 3 is 2.89 bits per heavy atom. The Bertz CT molecular complexity index is 245. The summed E-state index contributed by atoms with van der Waals surface area (Å²) >= 11 is 0. The van der Waals surface area contributed by atoms with Gasteiger partial charge in [-0.1, -0.05) is 6.92 Å². The van der Waals surface area contributed by atoms with Gasteiger partial charge >= 0.3 is 5.97 Å². The van der Waals surface area contributed by atoms with Gasteiger partial charge in [-0.25, -0.2) is 0 Å². The lowest BCUT2D eigenvalue weighted by Gasteiger charge is -2.39. The van der Waals surface area contributed by atoms with E-state index in [0.29, 0.717) is 25.0 Å². The summed E-state index contributed by atoms with van der Waals surface area (Å²) in [5, 5.41) is 9.43. The number of esters is 1. The maximum absolute atomic E-state index is 11.2. The Balaban J connectivity index is 2.19. The van der Waals surface area contributed by atoms with Gasteiger partial charge in [-0.3, -0.25) is 9.69 Å². The molecule has 0 aromatic carbocycles. The van der Waals surface area contributed by atoms with Crippen molar-refractivity contribution in [3.63, 3.8) is 0 Å². The van der Waals surface area contributed by atoms with Crippen molar-refractivity contribution in [2.24, 2.45) is 5.92 Å². The predicted molar refractivity (Wildman–Crippen MR) is 71.3 cm³/mol. The summed E-state index contributed by atoms with van der Waals surface area (Å²) in [6.45, 7) is 6.82. The van der Waals surface area contributed by atoms with Gasteiger partial charge in [0.05, 0.1) is 13.2 Å². The minimum absolute atomic E-state index is 0.0942. The Morgan fingerprint density at radius 1 is 1.44 bits per heavy atom. The van der Waals surface area contributed by atoms with Crippen LogP contribution in [-0.4, -0.2) is 48.3 Å². The van der Waals surface area contributed by atoms with Crippen LogP contribution in [0.2, 0.25) is 0 Å². The van der Waals surface area contributed by atoms with Crippen LogP contribution in [0.5, 0.6) is 0 Å². The van der Waals surface area contributed by atoms with E-state index < -0.39 is 0 Å². The average Bonchev–Trinajstić information content (AvgIpc) is 2.35. The average molecular weight is 257 g/mol. The Labute approximate surface area is 110 Å². The fraction of sp³-hybridized carbons (Fsp3) is 0.929. The second kappa shape index (κ2) is 8.48. The fourth-order valence-corrected chi connectivity index (χ4v) is 2.72. The fourth-order valence-electron chi connectivity index (χ4n) is 2.72. The lowest BCUT2D eigenvalue weighted by Crippen LogP contribution is -2.46. The molecule has 0 bridgehead atoms. The third kappa shape index (κ3) is 4.94. The van der Waals surface area contributed by atoms with Gasteiger partial charge < -0.3 is 9.84 Å². The molecule has 1 aliphatic heterocycles. The van der Waals surface area contributed by atoms with Crippen LogP contribution < -0.4 is 0 Å². The number of piperidine rings is 1. The molecule has 1 N–H and O–H groups in total. The van der Waals surface area contributed by atoms with Gasteiger partial charge in [0, 0.05) is 12.5 Å². The predicted octanol–water partition coefficient (Wildman–Crippen LogP) is 1.81. The Hall–Kier alpha value is -0.610. The molecule has 106 valence electrons. The molecule has 18 heavy (non-hydrogen) atoms. The number of carbonyl (C=O) groups is 1. The lowest BCUT2D eigenvalue weighted by molar-refractivity contribution is -0.143. The van der Waals surface area contributed by atoms with E-state index in [2.05, 4.69) is 11.8 Å². The number of nitrogens with zero attached hydrogens (tertiary/aromatic N) is 1. The van der Waals surface area contributed by atoms with Gasteiger partial charge in [0.1, 0.15) is 0 Å². The van der Waals surface area contributed by atoms with Crippen molar-refractivity contribution in [2.45, 2.75) is 52.0 Å². The molecule has 4 nitrogen and oxygen atoms in total. The maximum Gasteiger partial charge on any atom is 0.305 e. The van der Waals surface area contributed by atoms with Crippen LogP contribution in [0.25, 0.3) is 0 Å². The van der Waals surface area contributed by atoms with Crippen LogP contribution >= 0.6 is 0 Å². The van der Waals surface area contributed by atoms with E-state index in [0.717, 1.165) is 25.9 Å². The van der Waals surface area contributed by atoms with Crippen LogP contribution in [0.3, 0.4) is 0 Å². The van der Waals surface area contributed by atoms with Crippen molar-refractivity contribution in [1.29, 1.82) is 0 Å². The molecule has 1 saturated heterocycles. The van der Waals surface area contributed by atoms with Crippen LogP contribution in [0.4, 0.5) is 0 Å². The summed E-state index contributed by atoms with van der Waals surface area (Å²) in [7, 11) is 0. The minimum Gasteiger partial charge on any atom is -0.466 e. The smallest absolute Gasteiger partial charge is 0.305 e. The number of carbonyl (C=O) groups excluding carboxylic acids is 1. The normalized spacial score (nSPS) is 25.1. The van der Waals surface area contributed by atoms with E-state index in [1.165, 1.54) is 12.8 Å². The van der Waals surface area contributed by atoms with E-state index in [9.17, 15) is 9.90 Å². The van der Waals surface area contributed by atoms with Gasteiger partial charge in [-0.05, 0) is 51.6 Å². The third-order valence-electron chi connectivity index (χ3n) is 3.80. The third-order valence-corrected chi connectivity index (χ3v) is 3.80. The monoisotopic (exact) mass is 257 g/mol. The van der Waals surface area contributed by atoms with E-state index in [1.54, 1.807) is 0 Å². The molecule has 0 saturated carbocycles. The first-order chi connectivity index (χ1) is 8.69. The van der Waals surface area contributed by atoms with Crippen molar-refractivity contribution in [2.75, 3.05) is 26.3 Å². The summed E-state index contributed by atoms with van der Waals surface area (Å²) < 4.78 is 4.90. The molecule has 2 unspecified atom stereocenters. The number of hydrogen-bond acceptors (Lipinski definition) is 4. The van der Waals surface area contributed by atoms with Gasteiger partial charge in [-0.2, -0.15) is 0 Å². The highest BCUT2D eigenvalue weighted by Crippen LogP contribution is 2.23. The standard InChI is InChI=1S/C14H27NO3/c1-3-18-14(17)8-4-5-9-15-10-6-7-12(2)13(15)11-16/h12-13,16H,3-11H2,1-2H3. The quantitative estimate of drug-likeness (QED) is 0.558. The zero-order valence-electron chi connectivity index (χ0n) is 11.7. The second-order valence-electron chi connectivity index (χ2n) is 5.17. The molecule has 1 fully saturated rings. The molecule has 1 rings (SSSR count). The first-order valence-corrected chi connectivity index (χ1v) is 7.19. The second-order valence-corrected chi connectivity index (χ2v) is 5.17. The van der Waals surface area contributed by atoms with Crippen LogP contribution in [-0.2, 0) is 9.53 Å². The lowest BCUT2D eigenvalue weighted by atomic mass is 9.91. The van der Waals surface area contributed by atoms with E-state index in [1.807, 2.05) is 6.92 Å². The molecular formula is C14H27NO3. The van der Waals surface area contributed by atoms with Gasteiger partial charge in [0.2, 0.25) is 0 Å². The van der Waals surface area contributed by atoms with Crippen molar-refractivity contribution in [3.05, 3.63) is 0 Å². The highest BCUT2D eigenvalue weighted by Gasteiger charge is 2.27. The molecule has 1 aliphatic rings. The summed E-state index contributed by atoms with van der Waals surface area (Å²) in [4.78, 5) is 13.6. The van der Waals surface area contributed by atoms with E-state index in [-0.39, 0.29) is 12.6 Å². The molecule has 4 heteroatoms. The summed E-state index contributed by atoms with van der Waals surface area (Å²) in [6.07, 6.45) is 4.82. The molecular weight excluding hydrogens is 230 g/mol. The minimum atomic E-state index is -0.0942. The van der Waals surface area contributed by atoms with Crippen molar-refractivity contribution in [3.8, 4) is 0 Å². The Morgan fingerprint density at radius 2 is 2.22 bits per heavy atom. The van der Waals surface area contributed by atoms with Gasteiger partial charge in [0.15, 0.2) is 0 Å². The van der Waals surface area contributed by atoms with Crippen LogP contribution in [0, 0.1) is 5.92 Å².